The van der Waals surface area contributed by atoms with Gasteiger partial charge in [0.25, 0.3) is 11.6 Å². The summed E-state index contributed by atoms with van der Waals surface area (Å²) < 4.78 is 21.7. The fraction of sp³-hybridized carbons (Fsp3) is 0.188. The van der Waals surface area contributed by atoms with Crippen LogP contribution in [0.4, 0.5) is 0 Å². The van der Waals surface area contributed by atoms with E-state index in [0.717, 1.165) is 0 Å². The van der Waals surface area contributed by atoms with E-state index in [9.17, 15) is 9.59 Å². The van der Waals surface area contributed by atoms with Gasteiger partial charge in [0.1, 0.15) is 0 Å². The predicted octanol–water partition coefficient (Wildman–Crippen LogP) is 6.03. The van der Waals surface area contributed by atoms with E-state index < -0.39 is 11.6 Å². The van der Waals surface area contributed by atoms with Gasteiger partial charge < -0.3 is 18.9 Å². The van der Waals surface area contributed by atoms with Crippen molar-refractivity contribution in [1.29, 1.82) is 0 Å². The lowest BCUT2D eigenvalue weighted by molar-refractivity contribution is -0.176. The Labute approximate surface area is 223 Å². The summed E-state index contributed by atoms with van der Waals surface area (Å²) in [7, 11) is 5.88. The summed E-state index contributed by atoms with van der Waals surface area (Å²) in [6, 6.07) is 36.4. The van der Waals surface area contributed by atoms with Crippen LogP contribution in [-0.4, -0.2) is 40.0 Å². The van der Waals surface area contributed by atoms with Crippen molar-refractivity contribution in [3.8, 4) is 0 Å². The molecule has 0 heterocycles. The molecule has 0 unspecified atom stereocenters. The van der Waals surface area contributed by atoms with E-state index in [4.69, 9.17) is 18.9 Å². The summed E-state index contributed by atoms with van der Waals surface area (Å²) in [5.74, 6) is -3.24. The number of carbonyl (C=O) groups excluding carboxylic acids is 2. The van der Waals surface area contributed by atoms with Crippen molar-refractivity contribution >= 4 is 11.6 Å². The summed E-state index contributed by atoms with van der Waals surface area (Å²) >= 11 is 0. The molecule has 6 nitrogen and oxygen atoms in total. The molecule has 0 N–H and O–H groups in total. The Morgan fingerprint density at radius 3 is 0.895 bits per heavy atom. The van der Waals surface area contributed by atoms with Gasteiger partial charge in [0, 0.05) is 50.7 Å². The second-order valence-corrected chi connectivity index (χ2v) is 8.17. The molecule has 0 radical (unpaired) electrons. The minimum absolute atomic E-state index is 0.218. The molecule has 4 aromatic carbocycles. The van der Waals surface area contributed by atoms with E-state index in [1.165, 1.54) is 28.4 Å². The summed E-state index contributed by atoms with van der Waals surface area (Å²) in [4.78, 5) is 25.4. The molecule has 0 aliphatic carbocycles. The highest BCUT2D eigenvalue weighted by Gasteiger charge is 2.42. The highest BCUT2D eigenvalue weighted by Crippen LogP contribution is 2.31. The van der Waals surface area contributed by atoms with Gasteiger partial charge in [0.15, 0.2) is 0 Å². The molecule has 0 amide bonds. The summed E-state index contributed by atoms with van der Waals surface area (Å²) in [5.41, 5.74) is 2.45. The van der Waals surface area contributed by atoms with E-state index in [1.54, 1.807) is 24.3 Å². The zero-order valence-electron chi connectivity index (χ0n) is 22.0. The molecule has 0 saturated heterocycles. The standard InChI is InChI=1S/2C16H16O3/c2*1-18-16(19-2,14-11-7-4-8-12-14)15(17)13-9-5-3-6-10-13/h2*3-12H,1-2H3. The molecule has 0 atom stereocenters. The van der Waals surface area contributed by atoms with E-state index in [1.807, 2.05) is 97.1 Å². The minimum atomic E-state index is -1.40. The van der Waals surface area contributed by atoms with Gasteiger partial charge in [0.05, 0.1) is 0 Å². The smallest absolute Gasteiger partial charge is 0.260 e. The highest BCUT2D eigenvalue weighted by atomic mass is 16.7. The number of ketones is 2. The summed E-state index contributed by atoms with van der Waals surface area (Å²) in [6.45, 7) is 0. The van der Waals surface area contributed by atoms with Crippen LogP contribution in [0.15, 0.2) is 121 Å². The van der Waals surface area contributed by atoms with Crippen LogP contribution in [0, 0.1) is 0 Å². The first-order valence-electron chi connectivity index (χ1n) is 12.0. The molecule has 0 aromatic heterocycles. The lowest BCUT2D eigenvalue weighted by Crippen LogP contribution is -2.39. The molecular formula is C32H32O6. The summed E-state index contributed by atoms with van der Waals surface area (Å²) in [5, 5.41) is 0. The second-order valence-electron chi connectivity index (χ2n) is 8.17. The SMILES string of the molecule is COC(OC)(C(=O)c1ccccc1)c1ccccc1.COC(OC)(C(=O)c1ccccc1)c1ccccc1. The summed E-state index contributed by atoms with van der Waals surface area (Å²) in [6.07, 6.45) is 0. The first-order chi connectivity index (χ1) is 18.5. The molecule has 6 heteroatoms. The van der Waals surface area contributed by atoms with Crippen LogP contribution < -0.4 is 0 Å². The zero-order valence-corrected chi connectivity index (χ0v) is 22.0. The number of carbonyl (C=O) groups is 2. The average molecular weight is 513 g/mol. The maximum atomic E-state index is 12.7. The molecule has 0 aliphatic rings. The third kappa shape index (κ3) is 5.96. The van der Waals surface area contributed by atoms with Gasteiger partial charge in [-0.15, -0.1) is 0 Å². The fourth-order valence-electron chi connectivity index (χ4n) is 4.15. The van der Waals surface area contributed by atoms with Crippen LogP contribution in [0.1, 0.15) is 31.8 Å². The van der Waals surface area contributed by atoms with Gasteiger partial charge in [-0.3, -0.25) is 9.59 Å². The number of rotatable bonds is 10. The van der Waals surface area contributed by atoms with E-state index in [2.05, 4.69) is 0 Å². The molecule has 0 bridgehead atoms. The first kappa shape index (κ1) is 28.6. The van der Waals surface area contributed by atoms with Gasteiger partial charge in [-0.25, -0.2) is 0 Å². The lowest BCUT2D eigenvalue weighted by atomic mass is 9.96. The third-order valence-electron chi connectivity index (χ3n) is 6.13. The van der Waals surface area contributed by atoms with Crippen molar-refractivity contribution in [3.05, 3.63) is 144 Å². The van der Waals surface area contributed by atoms with Crippen molar-refractivity contribution in [2.24, 2.45) is 0 Å². The maximum absolute atomic E-state index is 12.7. The van der Waals surface area contributed by atoms with Gasteiger partial charge in [-0.05, 0) is 0 Å². The number of Topliss-reactive ketones (excluding diaryl/α,β-unsaturated/α-hetero) is 2. The topological polar surface area (TPSA) is 71.1 Å². The molecule has 0 fully saturated rings. The Kier molecular flexibility index (Phi) is 10.2. The maximum Gasteiger partial charge on any atom is 0.260 e. The Balaban J connectivity index is 0.000000211. The normalized spacial score (nSPS) is 11.3. The van der Waals surface area contributed by atoms with Crippen molar-refractivity contribution in [1.82, 2.24) is 0 Å². The van der Waals surface area contributed by atoms with Crippen LogP contribution in [0.3, 0.4) is 0 Å². The Bertz CT molecular complexity index is 1160. The van der Waals surface area contributed by atoms with Crippen LogP contribution in [0.25, 0.3) is 0 Å². The largest absolute Gasteiger partial charge is 0.343 e. The van der Waals surface area contributed by atoms with Crippen molar-refractivity contribution in [2.75, 3.05) is 28.4 Å². The number of benzene rings is 4. The third-order valence-corrected chi connectivity index (χ3v) is 6.13. The van der Waals surface area contributed by atoms with Crippen LogP contribution >= 0.6 is 0 Å². The molecular weight excluding hydrogens is 480 g/mol. The van der Waals surface area contributed by atoms with Crippen molar-refractivity contribution in [2.45, 2.75) is 11.6 Å². The van der Waals surface area contributed by atoms with Gasteiger partial charge in [-0.1, -0.05) is 121 Å². The van der Waals surface area contributed by atoms with E-state index >= 15 is 0 Å². The highest BCUT2D eigenvalue weighted by molar-refractivity contribution is 6.02. The fourth-order valence-corrected chi connectivity index (χ4v) is 4.15. The number of methoxy groups -OCH3 is 4. The first-order valence-corrected chi connectivity index (χ1v) is 12.0. The predicted molar refractivity (Wildman–Crippen MR) is 146 cm³/mol. The molecule has 0 saturated carbocycles. The van der Waals surface area contributed by atoms with Crippen molar-refractivity contribution in [3.63, 3.8) is 0 Å². The Morgan fingerprint density at radius 2 is 0.658 bits per heavy atom. The minimum Gasteiger partial charge on any atom is -0.343 e. The number of hydrogen-bond acceptors (Lipinski definition) is 6. The van der Waals surface area contributed by atoms with E-state index in [0.29, 0.717) is 22.3 Å². The molecule has 0 aliphatic heterocycles. The van der Waals surface area contributed by atoms with Gasteiger partial charge in [0.2, 0.25) is 11.6 Å². The van der Waals surface area contributed by atoms with Crippen LogP contribution in [0.2, 0.25) is 0 Å². The number of hydrogen-bond donors (Lipinski definition) is 0. The number of ether oxygens (including phenoxy) is 4. The zero-order chi connectivity index (χ0) is 27.4. The molecule has 196 valence electrons. The second kappa shape index (κ2) is 13.6. The lowest BCUT2D eigenvalue weighted by Gasteiger charge is -2.29. The van der Waals surface area contributed by atoms with Gasteiger partial charge >= 0.3 is 0 Å². The molecule has 0 spiro atoms. The quantitative estimate of drug-likeness (QED) is 0.191. The molecule has 4 aromatic rings. The monoisotopic (exact) mass is 512 g/mol. The Morgan fingerprint density at radius 1 is 0.421 bits per heavy atom. The average Bonchev–Trinajstić information content (AvgIpc) is 3.01. The van der Waals surface area contributed by atoms with Crippen LogP contribution in [0.5, 0.6) is 0 Å². The van der Waals surface area contributed by atoms with Crippen molar-refractivity contribution < 1.29 is 28.5 Å². The van der Waals surface area contributed by atoms with E-state index in [-0.39, 0.29) is 11.6 Å². The molecule has 4 rings (SSSR count). The molecule has 38 heavy (non-hydrogen) atoms. The van der Waals surface area contributed by atoms with Gasteiger partial charge in [-0.2, -0.15) is 0 Å². The Hall–Kier alpha value is -3.94. The van der Waals surface area contributed by atoms with Crippen LogP contribution in [-0.2, 0) is 30.5 Å².